The average Bonchev–Trinajstić information content (AvgIpc) is 3.01. The van der Waals surface area contributed by atoms with Gasteiger partial charge in [0, 0.05) is 25.1 Å². The Labute approximate surface area is 246 Å². The van der Waals surface area contributed by atoms with Crippen molar-refractivity contribution in [3.63, 3.8) is 0 Å². The molecule has 0 bridgehead atoms. The first-order valence-electron chi connectivity index (χ1n) is 15.4. The van der Waals surface area contributed by atoms with Crippen LogP contribution >= 0.6 is 0 Å². The van der Waals surface area contributed by atoms with Crippen LogP contribution < -0.4 is 0 Å². The standard InChI is InChI=1S/C32H51NO8/c1-5-29(34)38-20-24-9-11-26(12-10-24)22-40-31(36)18-17-28(19-33(7-3)8-4)32(37)41-23-27-15-13-25(14-16-27)21-39-30(35)6-2/h5-6,24-28H,1-2,7-23H2,3-4H3. The van der Waals surface area contributed by atoms with E-state index in [0.29, 0.717) is 63.1 Å². The van der Waals surface area contributed by atoms with E-state index in [4.69, 9.17) is 18.9 Å². The zero-order chi connectivity index (χ0) is 30.0. The monoisotopic (exact) mass is 577 g/mol. The molecule has 0 aromatic rings. The second-order valence-corrected chi connectivity index (χ2v) is 11.5. The molecule has 0 N–H and O–H groups in total. The highest BCUT2D eigenvalue weighted by atomic mass is 16.5. The highest BCUT2D eigenvalue weighted by molar-refractivity contribution is 5.81. The first kappa shape index (κ1) is 34.5. The topological polar surface area (TPSA) is 108 Å². The van der Waals surface area contributed by atoms with E-state index in [9.17, 15) is 19.2 Å². The molecule has 9 heteroatoms. The van der Waals surface area contributed by atoms with Crippen molar-refractivity contribution in [3.05, 3.63) is 25.3 Å². The molecule has 2 aliphatic rings. The zero-order valence-corrected chi connectivity index (χ0v) is 25.2. The number of esters is 4. The predicted octanol–water partition coefficient (Wildman–Crippen LogP) is 4.88. The Morgan fingerprint density at radius 2 is 1.07 bits per heavy atom. The number of nitrogens with zero attached hydrogens (tertiary/aromatic N) is 1. The van der Waals surface area contributed by atoms with E-state index < -0.39 is 11.9 Å². The van der Waals surface area contributed by atoms with Gasteiger partial charge in [-0.25, -0.2) is 9.59 Å². The molecule has 232 valence electrons. The van der Waals surface area contributed by atoms with Crippen LogP contribution in [0.2, 0.25) is 0 Å². The smallest absolute Gasteiger partial charge is 0.330 e. The van der Waals surface area contributed by atoms with Crippen LogP contribution in [0.5, 0.6) is 0 Å². The van der Waals surface area contributed by atoms with Crippen LogP contribution in [0.15, 0.2) is 25.3 Å². The van der Waals surface area contributed by atoms with E-state index in [1.807, 2.05) is 0 Å². The van der Waals surface area contributed by atoms with Crippen molar-refractivity contribution in [2.75, 3.05) is 46.1 Å². The highest BCUT2D eigenvalue weighted by Gasteiger charge is 2.28. The molecule has 0 aromatic heterocycles. The Morgan fingerprint density at radius 3 is 1.46 bits per heavy atom. The molecule has 0 aromatic carbocycles. The summed E-state index contributed by atoms with van der Waals surface area (Å²) >= 11 is 0. The Morgan fingerprint density at radius 1 is 0.683 bits per heavy atom. The molecule has 1 atom stereocenters. The Bertz CT molecular complexity index is 839. The summed E-state index contributed by atoms with van der Waals surface area (Å²) < 4.78 is 21.7. The SMILES string of the molecule is C=CC(=O)OCC1CCC(COC(=O)CCC(CN(CC)CC)C(=O)OCC2CCC(COC(=O)C=C)CC2)CC1. The van der Waals surface area contributed by atoms with Gasteiger partial charge in [-0.3, -0.25) is 9.59 Å². The van der Waals surface area contributed by atoms with Crippen molar-refractivity contribution < 1.29 is 38.1 Å². The zero-order valence-electron chi connectivity index (χ0n) is 25.2. The van der Waals surface area contributed by atoms with Crippen LogP contribution in [-0.2, 0) is 38.1 Å². The molecule has 0 radical (unpaired) electrons. The maximum absolute atomic E-state index is 13.1. The van der Waals surface area contributed by atoms with Crippen LogP contribution in [0.1, 0.15) is 78.1 Å². The average molecular weight is 578 g/mol. The molecule has 2 aliphatic carbocycles. The van der Waals surface area contributed by atoms with Gasteiger partial charge in [0.1, 0.15) is 0 Å². The summed E-state index contributed by atoms with van der Waals surface area (Å²) in [6, 6.07) is 0. The van der Waals surface area contributed by atoms with E-state index in [0.717, 1.165) is 64.5 Å². The van der Waals surface area contributed by atoms with Crippen LogP contribution in [0.3, 0.4) is 0 Å². The van der Waals surface area contributed by atoms with Gasteiger partial charge in [0.05, 0.1) is 32.3 Å². The minimum absolute atomic E-state index is 0.183. The van der Waals surface area contributed by atoms with Gasteiger partial charge in [0.2, 0.25) is 0 Å². The summed E-state index contributed by atoms with van der Waals surface area (Å²) in [7, 11) is 0. The molecule has 2 fully saturated rings. The summed E-state index contributed by atoms with van der Waals surface area (Å²) in [6.07, 6.45) is 10.4. The van der Waals surface area contributed by atoms with Crippen molar-refractivity contribution >= 4 is 23.9 Å². The molecule has 0 heterocycles. The second-order valence-electron chi connectivity index (χ2n) is 11.5. The third-order valence-corrected chi connectivity index (χ3v) is 8.53. The molecule has 0 aliphatic heterocycles. The first-order chi connectivity index (χ1) is 19.8. The molecule has 2 rings (SSSR count). The van der Waals surface area contributed by atoms with Crippen molar-refractivity contribution in [2.24, 2.45) is 29.6 Å². The molecule has 2 saturated carbocycles. The number of hydrogen-bond donors (Lipinski definition) is 0. The predicted molar refractivity (Wildman–Crippen MR) is 156 cm³/mol. The van der Waals surface area contributed by atoms with Gasteiger partial charge in [-0.2, -0.15) is 0 Å². The van der Waals surface area contributed by atoms with Crippen molar-refractivity contribution in [2.45, 2.75) is 78.1 Å². The fraction of sp³-hybridized carbons (Fsp3) is 0.750. The van der Waals surface area contributed by atoms with Crippen LogP contribution in [0.25, 0.3) is 0 Å². The van der Waals surface area contributed by atoms with Gasteiger partial charge >= 0.3 is 23.9 Å². The van der Waals surface area contributed by atoms with E-state index >= 15 is 0 Å². The van der Waals surface area contributed by atoms with E-state index in [1.165, 1.54) is 12.2 Å². The van der Waals surface area contributed by atoms with Crippen LogP contribution in [0, 0.1) is 29.6 Å². The van der Waals surface area contributed by atoms with Gasteiger partial charge in [0.15, 0.2) is 0 Å². The fourth-order valence-corrected chi connectivity index (χ4v) is 5.62. The summed E-state index contributed by atoms with van der Waals surface area (Å²) in [5.74, 6) is -0.402. The fourth-order valence-electron chi connectivity index (χ4n) is 5.62. The summed E-state index contributed by atoms with van der Waals surface area (Å²) in [6.45, 7) is 14.7. The van der Waals surface area contributed by atoms with Crippen LogP contribution in [-0.4, -0.2) is 74.8 Å². The molecular formula is C32H51NO8. The lowest BCUT2D eigenvalue weighted by molar-refractivity contribution is -0.153. The van der Waals surface area contributed by atoms with Crippen molar-refractivity contribution in [1.29, 1.82) is 0 Å². The summed E-state index contributed by atoms with van der Waals surface area (Å²) in [4.78, 5) is 50.4. The quantitative estimate of drug-likeness (QED) is 0.128. The Kier molecular flexibility index (Phi) is 16.4. The Balaban J connectivity index is 1.72. The van der Waals surface area contributed by atoms with Crippen LogP contribution in [0.4, 0.5) is 0 Å². The highest BCUT2D eigenvalue weighted by Crippen LogP contribution is 2.30. The van der Waals surface area contributed by atoms with E-state index in [1.54, 1.807) is 0 Å². The third kappa shape index (κ3) is 13.7. The Hall–Kier alpha value is -2.68. The lowest BCUT2D eigenvalue weighted by Gasteiger charge is -2.29. The van der Waals surface area contributed by atoms with Crippen molar-refractivity contribution in [3.8, 4) is 0 Å². The van der Waals surface area contributed by atoms with Gasteiger partial charge in [-0.05, 0) is 94.5 Å². The normalized spacial score (nSPS) is 23.2. The summed E-state index contributed by atoms with van der Waals surface area (Å²) in [5, 5.41) is 0. The van der Waals surface area contributed by atoms with E-state index in [-0.39, 0.29) is 24.3 Å². The first-order valence-corrected chi connectivity index (χ1v) is 15.4. The second kappa shape index (κ2) is 19.4. The van der Waals surface area contributed by atoms with Gasteiger partial charge < -0.3 is 23.8 Å². The largest absolute Gasteiger partial charge is 0.465 e. The number of ether oxygens (including phenoxy) is 4. The number of carbonyl (C=O) groups excluding carboxylic acids is 4. The lowest BCUT2D eigenvalue weighted by atomic mass is 9.83. The van der Waals surface area contributed by atoms with Crippen molar-refractivity contribution in [1.82, 2.24) is 4.90 Å². The van der Waals surface area contributed by atoms with Gasteiger partial charge in [0.25, 0.3) is 0 Å². The summed E-state index contributed by atoms with van der Waals surface area (Å²) in [5.41, 5.74) is 0. The number of hydrogen-bond acceptors (Lipinski definition) is 9. The minimum atomic E-state index is -0.392. The van der Waals surface area contributed by atoms with E-state index in [2.05, 4.69) is 31.9 Å². The van der Waals surface area contributed by atoms with Gasteiger partial charge in [-0.1, -0.05) is 27.0 Å². The molecule has 0 spiro atoms. The number of rotatable bonds is 18. The molecule has 41 heavy (non-hydrogen) atoms. The lowest BCUT2D eigenvalue weighted by Crippen LogP contribution is -2.35. The minimum Gasteiger partial charge on any atom is -0.465 e. The van der Waals surface area contributed by atoms with Gasteiger partial charge in [-0.15, -0.1) is 0 Å². The maximum Gasteiger partial charge on any atom is 0.330 e. The molecule has 9 nitrogen and oxygen atoms in total. The number of carbonyl (C=O) groups is 4. The molecule has 1 unspecified atom stereocenters. The molecular weight excluding hydrogens is 526 g/mol. The third-order valence-electron chi connectivity index (χ3n) is 8.53. The molecule has 0 amide bonds. The molecule has 0 saturated heterocycles. The maximum atomic E-state index is 13.1.